The maximum absolute atomic E-state index is 12.9. The third kappa shape index (κ3) is 5.75. The molecular weight excluding hydrogens is 235 g/mol. The summed E-state index contributed by atoms with van der Waals surface area (Å²) < 4.78 is 12.9. The van der Waals surface area contributed by atoms with Crippen molar-refractivity contribution in [1.82, 2.24) is 0 Å². The standard InChI is InChI=1S/C15H18ClF/c1-2-3-4-5-6-7-8-9-13-10-11-15(17)14(16)12-13/h10-12H,2-7H2,1H3. The third-order valence-electron chi connectivity index (χ3n) is 2.56. The van der Waals surface area contributed by atoms with Crippen molar-refractivity contribution in [3.63, 3.8) is 0 Å². The molecule has 0 aliphatic carbocycles. The molecule has 0 saturated carbocycles. The molecule has 0 amide bonds. The molecule has 0 spiro atoms. The first-order chi connectivity index (χ1) is 8.24. The van der Waals surface area contributed by atoms with Crippen LogP contribution in [0, 0.1) is 17.7 Å². The van der Waals surface area contributed by atoms with Gasteiger partial charge >= 0.3 is 0 Å². The highest BCUT2D eigenvalue weighted by atomic mass is 35.5. The van der Waals surface area contributed by atoms with Crippen LogP contribution < -0.4 is 0 Å². The first-order valence-corrected chi connectivity index (χ1v) is 6.55. The summed E-state index contributed by atoms with van der Waals surface area (Å²) in [4.78, 5) is 0. The molecule has 0 unspecified atom stereocenters. The molecule has 1 rings (SSSR count). The molecule has 0 bridgehead atoms. The first-order valence-electron chi connectivity index (χ1n) is 6.18. The zero-order valence-corrected chi connectivity index (χ0v) is 11.0. The predicted molar refractivity (Wildman–Crippen MR) is 71.7 cm³/mol. The average Bonchev–Trinajstić information content (AvgIpc) is 2.32. The molecule has 0 saturated heterocycles. The molecular formula is C15H18ClF. The van der Waals surface area contributed by atoms with Crippen LogP contribution in [0.1, 0.15) is 51.0 Å². The summed E-state index contributed by atoms with van der Waals surface area (Å²) >= 11 is 5.67. The molecule has 1 aromatic rings. The molecule has 2 heteroatoms. The van der Waals surface area contributed by atoms with E-state index in [9.17, 15) is 4.39 Å². The number of hydrogen-bond acceptors (Lipinski definition) is 0. The minimum absolute atomic E-state index is 0.139. The third-order valence-corrected chi connectivity index (χ3v) is 2.85. The molecule has 1 aromatic carbocycles. The second kappa shape index (κ2) is 8.14. The normalized spacial score (nSPS) is 9.82. The predicted octanol–water partition coefficient (Wildman–Crippen LogP) is 5.19. The zero-order chi connectivity index (χ0) is 12.5. The van der Waals surface area contributed by atoms with Gasteiger partial charge in [0.25, 0.3) is 0 Å². The van der Waals surface area contributed by atoms with Crippen LogP contribution in [0.15, 0.2) is 18.2 Å². The quantitative estimate of drug-likeness (QED) is 0.500. The number of benzene rings is 1. The molecule has 0 heterocycles. The lowest BCUT2D eigenvalue weighted by atomic mass is 10.1. The van der Waals surface area contributed by atoms with Crippen LogP contribution in [-0.2, 0) is 0 Å². The van der Waals surface area contributed by atoms with E-state index in [1.165, 1.54) is 31.7 Å². The zero-order valence-electron chi connectivity index (χ0n) is 10.2. The van der Waals surface area contributed by atoms with Crippen LogP contribution in [0.3, 0.4) is 0 Å². The van der Waals surface area contributed by atoms with Crippen molar-refractivity contribution in [3.8, 4) is 11.8 Å². The highest BCUT2D eigenvalue weighted by Gasteiger charge is 1.97. The van der Waals surface area contributed by atoms with Gasteiger partial charge in [0.1, 0.15) is 5.82 Å². The SMILES string of the molecule is CCCCCCCC#Cc1ccc(F)c(Cl)c1. The van der Waals surface area contributed by atoms with E-state index in [0.717, 1.165) is 18.4 Å². The molecule has 17 heavy (non-hydrogen) atoms. The second-order valence-corrected chi connectivity index (χ2v) is 4.50. The first kappa shape index (κ1) is 14.1. The van der Waals surface area contributed by atoms with Crippen LogP contribution in [0.4, 0.5) is 4.39 Å². The lowest BCUT2D eigenvalue weighted by Gasteiger charge is -1.95. The van der Waals surface area contributed by atoms with Crippen molar-refractivity contribution in [3.05, 3.63) is 34.6 Å². The fourth-order valence-electron chi connectivity index (χ4n) is 1.56. The van der Waals surface area contributed by atoms with E-state index in [-0.39, 0.29) is 5.02 Å². The topological polar surface area (TPSA) is 0 Å². The van der Waals surface area contributed by atoms with Crippen LogP contribution in [0.25, 0.3) is 0 Å². The molecule has 0 aliphatic heterocycles. The van der Waals surface area contributed by atoms with Crippen LogP contribution in [0.5, 0.6) is 0 Å². The Bertz CT molecular complexity index is 401. The summed E-state index contributed by atoms with van der Waals surface area (Å²) in [6, 6.07) is 4.58. The Labute approximate surface area is 108 Å². The molecule has 0 nitrogen and oxygen atoms in total. The summed E-state index contributed by atoms with van der Waals surface area (Å²) in [7, 11) is 0. The van der Waals surface area contributed by atoms with Crippen molar-refractivity contribution in [1.29, 1.82) is 0 Å². The van der Waals surface area contributed by atoms with Gasteiger partial charge in [0.05, 0.1) is 5.02 Å². The number of unbranched alkanes of at least 4 members (excludes halogenated alkanes) is 5. The van der Waals surface area contributed by atoms with Crippen LogP contribution in [0.2, 0.25) is 5.02 Å². The van der Waals surface area contributed by atoms with Gasteiger partial charge in [-0.1, -0.05) is 56.0 Å². The Morgan fingerprint density at radius 3 is 2.65 bits per heavy atom. The average molecular weight is 253 g/mol. The molecule has 0 aliphatic rings. The summed E-state index contributed by atoms with van der Waals surface area (Å²) in [6.45, 7) is 2.21. The fraction of sp³-hybridized carbons (Fsp3) is 0.467. The van der Waals surface area contributed by atoms with Crippen molar-refractivity contribution >= 4 is 11.6 Å². The Kier molecular flexibility index (Phi) is 6.74. The molecule has 92 valence electrons. The Balaban J connectivity index is 2.31. The smallest absolute Gasteiger partial charge is 0.141 e. The highest BCUT2D eigenvalue weighted by Crippen LogP contribution is 2.15. The van der Waals surface area contributed by atoms with Gasteiger partial charge < -0.3 is 0 Å². The van der Waals surface area contributed by atoms with Crippen molar-refractivity contribution < 1.29 is 4.39 Å². The van der Waals surface area contributed by atoms with E-state index in [1.54, 1.807) is 12.1 Å². The summed E-state index contributed by atoms with van der Waals surface area (Å²) in [5.74, 6) is 5.70. The summed E-state index contributed by atoms with van der Waals surface area (Å²) in [6.07, 6.45) is 7.15. The van der Waals surface area contributed by atoms with Gasteiger partial charge in [-0.05, 0) is 24.6 Å². The maximum atomic E-state index is 12.9. The van der Waals surface area contributed by atoms with Crippen molar-refractivity contribution in [2.45, 2.75) is 45.4 Å². The van der Waals surface area contributed by atoms with Crippen LogP contribution >= 0.6 is 11.6 Å². The number of halogens is 2. The van der Waals surface area contributed by atoms with E-state index in [0.29, 0.717) is 0 Å². The van der Waals surface area contributed by atoms with Gasteiger partial charge in [0.2, 0.25) is 0 Å². The lowest BCUT2D eigenvalue weighted by molar-refractivity contribution is 0.628. The van der Waals surface area contributed by atoms with Gasteiger partial charge in [-0.25, -0.2) is 4.39 Å². The molecule has 0 N–H and O–H groups in total. The minimum atomic E-state index is -0.392. The maximum Gasteiger partial charge on any atom is 0.141 e. The van der Waals surface area contributed by atoms with Gasteiger partial charge in [0, 0.05) is 12.0 Å². The monoisotopic (exact) mass is 252 g/mol. The lowest BCUT2D eigenvalue weighted by Crippen LogP contribution is -1.80. The van der Waals surface area contributed by atoms with Crippen LogP contribution in [-0.4, -0.2) is 0 Å². The van der Waals surface area contributed by atoms with E-state index < -0.39 is 5.82 Å². The van der Waals surface area contributed by atoms with E-state index in [1.807, 2.05) is 0 Å². The van der Waals surface area contributed by atoms with Gasteiger partial charge in [-0.3, -0.25) is 0 Å². The summed E-state index contributed by atoms with van der Waals surface area (Å²) in [5, 5.41) is 0.139. The Hall–Kier alpha value is -1.00. The fourth-order valence-corrected chi connectivity index (χ4v) is 1.74. The van der Waals surface area contributed by atoms with Gasteiger partial charge in [-0.2, -0.15) is 0 Å². The molecule has 0 atom stereocenters. The summed E-state index contributed by atoms with van der Waals surface area (Å²) in [5.41, 5.74) is 0.782. The molecule has 0 aromatic heterocycles. The Morgan fingerprint density at radius 1 is 1.18 bits per heavy atom. The Morgan fingerprint density at radius 2 is 1.94 bits per heavy atom. The molecule has 0 radical (unpaired) electrons. The van der Waals surface area contributed by atoms with Gasteiger partial charge in [-0.15, -0.1) is 0 Å². The molecule has 0 fully saturated rings. The van der Waals surface area contributed by atoms with Gasteiger partial charge in [0.15, 0.2) is 0 Å². The highest BCUT2D eigenvalue weighted by molar-refractivity contribution is 6.30. The number of hydrogen-bond donors (Lipinski definition) is 0. The van der Waals surface area contributed by atoms with E-state index in [2.05, 4.69) is 18.8 Å². The van der Waals surface area contributed by atoms with Crippen molar-refractivity contribution in [2.75, 3.05) is 0 Å². The number of rotatable bonds is 5. The second-order valence-electron chi connectivity index (χ2n) is 4.09. The van der Waals surface area contributed by atoms with E-state index >= 15 is 0 Å². The minimum Gasteiger partial charge on any atom is -0.205 e. The largest absolute Gasteiger partial charge is 0.205 e. The van der Waals surface area contributed by atoms with Crippen molar-refractivity contribution in [2.24, 2.45) is 0 Å². The van der Waals surface area contributed by atoms with E-state index in [4.69, 9.17) is 11.6 Å².